The highest BCUT2D eigenvalue weighted by molar-refractivity contribution is 7.89. The van der Waals surface area contributed by atoms with Gasteiger partial charge in [-0.15, -0.1) is 0 Å². The van der Waals surface area contributed by atoms with E-state index in [2.05, 4.69) is 4.98 Å². The largest absolute Gasteiger partial charge is 0.342 e. The standard InChI is InChI=1S/C20H28N4O4S/c1-15-5-8-21-13-16(15)18(25)24-11-6-17-20(14-24,7-12-29(27,28)22(17)2)19(26)23-9-3-4-10-23/h5,8,13,17H,3-4,6-7,9-12,14H2,1-2H3/t17-,20+/m1/s1. The van der Waals surface area contributed by atoms with Gasteiger partial charge in [0, 0.05) is 51.7 Å². The molecule has 3 saturated heterocycles. The molecule has 4 rings (SSSR count). The van der Waals surface area contributed by atoms with Crippen molar-refractivity contribution in [3.63, 3.8) is 0 Å². The molecule has 3 aliphatic rings. The van der Waals surface area contributed by atoms with Gasteiger partial charge < -0.3 is 9.80 Å². The van der Waals surface area contributed by atoms with Gasteiger partial charge in [-0.1, -0.05) is 0 Å². The third-order valence-corrected chi connectivity index (χ3v) is 8.70. The number of piperidine rings is 1. The van der Waals surface area contributed by atoms with Crippen molar-refractivity contribution in [3.05, 3.63) is 29.6 Å². The van der Waals surface area contributed by atoms with Crippen molar-refractivity contribution in [1.82, 2.24) is 19.1 Å². The van der Waals surface area contributed by atoms with Crippen molar-refractivity contribution < 1.29 is 18.0 Å². The molecular weight excluding hydrogens is 392 g/mol. The van der Waals surface area contributed by atoms with Crippen molar-refractivity contribution >= 4 is 21.8 Å². The predicted octanol–water partition coefficient (Wildman–Crippen LogP) is 0.879. The summed E-state index contributed by atoms with van der Waals surface area (Å²) in [6.45, 7) is 3.96. The number of carbonyl (C=O) groups is 2. The lowest BCUT2D eigenvalue weighted by Crippen LogP contribution is -2.67. The molecule has 2 amide bonds. The highest BCUT2D eigenvalue weighted by Crippen LogP contribution is 2.44. The zero-order valence-electron chi connectivity index (χ0n) is 17.0. The summed E-state index contributed by atoms with van der Waals surface area (Å²) in [6.07, 6.45) is 5.88. The smallest absolute Gasteiger partial charge is 0.255 e. The van der Waals surface area contributed by atoms with Crippen LogP contribution in [0.25, 0.3) is 0 Å². The van der Waals surface area contributed by atoms with Crippen molar-refractivity contribution in [1.29, 1.82) is 0 Å². The molecule has 2 atom stereocenters. The number of rotatable bonds is 2. The Bertz CT molecular complexity index is 928. The summed E-state index contributed by atoms with van der Waals surface area (Å²) in [4.78, 5) is 34.5. The molecule has 0 aromatic carbocycles. The summed E-state index contributed by atoms with van der Waals surface area (Å²) >= 11 is 0. The molecule has 158 valence electrons. The highest BCUT2D eigenvalue weighted by atomic mass is 32.2. The quantitative estimate of drug-likeness (QED) is 0.708. The number of amides is 2. The summed E-state index contributed by atoms with van der Waals surface area (Å²) in [7, 11) is -1.80. The number of likely N-dealkylation sites (tertiary alicyclic amines) is 2. The van der Waals surface area contributed by atoms with Crippen LogP contribution < -0.4 is 0 Å². The number of hydrogen-bond donors (Lipinski definition) is 0. The van der Waals surface area contributed by atoms with Crippen LogP contribution in [-0.4, -0.2) is 84.3 Å². The van der Waals surface area contributed by atoms with Crippen LogP contribution in [0.5, 0.6) is 0 Å². The van der Waals surface area contributed by atoms with E-state index in [0.717, 1.165) is 18.4 Å². The predicted molar refractivity (Wildman–Crippen MR) is 108 cm³/mol. The van der Waals surface area contributed by atoms with Gasteiger partial charge in [-0.3, -0.25) is 14.6 Å². The van der Waals surface area contributed by atoms with E-state index < -0.39 is 21.5 Å². The van der Waals surface area contributed by atoms with Crippen molar-refractivity contribution in [2.45, 2.75) is 38.6 Å². The van der Waals surface area contributed by atoms with Crippen LogP contribution in [0.4, 0.5) is 0 Å². The first-order chi connectivity index (χ1) is 13.8. The first-order valence-corrected chi connectivity index (χ1v) is 11.8. The lowest BCUT2D eigenvalue weighted by atomic mass is 9.71. The highest BCUT2D eigenvalue weighted by Gasteiger charge is 2.58. The SMILES string of the molecule is Cc1ccncc1C(=O)N1CC[C@H]2N(C)S(=O)(=O)CC[C@]2(C(=O)N2CCCC2)C1. The fraction of sp³-hybridized carbons (Fsp3) is 0.650. The number of pyridine rings is 1. The van der Waals surface area contributed by atoms with Crippen LogP contribution >= 0.6 is 0 Å². The molecule has 9 heteroatoms. The Labute approximate surface area is 171 Å². The van der Waals surface area contributed by atoms with Gasteiger partial charge in [0.05, 0.1) is 16.7 Å². The van der Waals surface area contributed by atoms with Gasteiger partial charge in [-0.05, 0) is 44.2 Å². The fourth-order valence-electron chi connectivity index (χ4n) is 5.09. The van der Waals surface area contributed by atoms with E-state index in [1.807, 2.05) is 11.8 Å². The second-order valence-electron chi connectivity index (χ2n) is 8.46. The maximum absolute atomic E-state index is 13.6. The second kappa shape index (κ2) is 7.36. The maximum atomic E-state index is 13.6. The van der Waals surface area contributed by atoms with E-state index in [1.165, 1.54) is 4.31 Å². The number of aryl methyl sites for hydroxylation is 1. The van der Waals surface area contributed by atoms with Crippen molar-refractivity contribution in [2.75, 3.05) is 39.0 Å². The molecule has 1 aromatic rings. The molecule has 0 N–H and O–H groups in total. The Balaban J connectivity index is 1.69. The van der Waals surface area contributed by atoms with Crippen molar-refractivity contribution in [2.24, 2.45) is 5.41 Å². The minimum Gasteiger partial charge on any atom is -0.342 e. The molecule has 0 spiro atoms. The average Bonchev–Trinajstić information content (AvgIpc) is 3.25. The Morgan fingerprint density at radius 2 is 1.90 bits per heavy atom. The first-order valence-electron chi connectivity index (χ1n) is 10.2. The molecule has 0 unspecified atom stereocenters. The van der Waals surface area contributed by atoms with E-state index in [4.69, 9.17) is 0 Å². The van der Waals surface area contributed by atoms with E-state index in [9.17, 15) is 18.0 Å². The van der Waals surface area contributed by atoms with Crippen molar-refractivity contribution in [3.8, 4) is 0 Å². The molecular formula is C20H28N4O4S. The third-order valence-electron chi connectivity index (χ3n) is 6.84. The second-order valence-corrected chi connectivity index (χ2v) is 10.6. The van der Waals surface area contributed by atoms with Crippen LogP contribution in [0.1, 0.15) is 41.6 Å². The zero-order chi connectivity index (χ0) is 20.8. The van der Waals surface area contributed by atoms with Crippen LogP contribution in [0, 0.1) is 12.3 Å². The van der Waals surface area contributed by atoms with Gasteiger partial charge in [-0.25, -0.2) is 12.7 Å². The third kappa shape index (κ3) is 3.34. The molecule has 8 nitrogen and oxygen atoms in total. The zero-order valence-corrected chi connectivity index (χ0v) is 17.8. The number of aromatic nitrogens is 1. The normalized spacial score (nSPS) is 29.5. The van der Waals surface area contributed by atoms with E-state index >= 15 is 0 Å². The molecule has 0 aliphatic carbocycles. The van der Waals surface area contributed by atoms with Gasteiger partial charge in [0.2, 0.25) is 15.9 Å². The van der Waals surface area contributed by atoms with E-state index in [1.54, 1.807) is 30.4 Å². The van der Waals surface area contributed by atoms with E-state index in [-0.39, 0.29) is 30.5 Å². The number of hydrogen-bond acceptors (Lipinski definition) is 5. The summed E-state index contributed by atoms with van der Waals surface area (Å²) in [6, 6.07) is 1.39. The lowest BCUT2D eigenvalue weighted by Gasteiger charge is -2.53. The minimum absolute atomic E-state index is 0.00200. The van der Waals surface area contributed by atoms with Crippen LogP contribution in [0.15, 0.2) is 18.5 Å². The molecule has 29 heavy (non-hydrogen) atoms. The summed E-state index contributed by atoms with van der Waals surface area (Å²) in [5.41, 5.74) is 0.496. The van der Waals surface area contributed by atoms with E-state index in [0.29, 0.717) is 31.6 Å². The fourth-order valence-corrected chi connectivity index (χ4v) is 6.69. The first kappa shape index (κ1) is 20.3. The minimum atomic E-state index is -3.37. The van der Waals surface area contributed by atoms with Crippen LogP contribution in [0.3, 0.4) is 0 Å². The summed E-state index contributed by atoms with van der Waals surface area (Å²) < 4.78 is 26.4. The monoisotopic (exact) mass is 420 g/mol. The molecule has 3 fully saturated rings. The number of sulfonamides is 1. The Kier molecular flexibility index (Phi) is 5.14. The molecule has 0 bridgehead atoms. The van der Waals surface area contributed by atoms with Gasteiger partial charge in [0.1, 0.15) is 0 Å². The summed E-state index contributed by atoms with van der Waals surface area (Å²) in [5, 5.41) is 0. The van der Waals surface area contributed by atoms with Gasteiger partial charge in [-0.2, -0.15) is 0 Å². The molecule has 1 aromatic heterocycles. The molecule has 3 aliphatic heterocycles. The van der Waals surface area contributed by atoms with Gasteiger partial charge in [0.25, 0.3) is 5.91 Å². The summed E-state index contributed by atoms with van der Waals surface area (Å²) in [5.74, 6) is -0.200. The number of carbonyl (C=O) groups excluding carboxylic acids is 2. The molecule has 0 radical (unpaired) electrons. The Morgan fingerprint density at radius 3 is 2.59 bits per heavy atom. The van der Waals surface area contributed by atoms with Crippen LogP contribution in [-0.2, 0) is 14.8 Å². The molecule has 4 heterocycles. The molecule has 0 saturated carbocycles. The number of nitrogens with zero attached hydrogens (tertiary/aromatic N) is 4. The lowest BCUT2D eigenvalue weighted by molar-refractivity contribution is -0.148. The number of fused-ring (bicyclic) bond motifs is 1. The maximum Gasteiger partial charge on any atom is 0.255 e. The van der Waals surface area contributed by atoms with Gasteiger partial charge >= 0.3 is 0 Å². The Morgan fingerprint density at radius 1 is 1.17 bits per heavy atom. The Hall–Kier alpha value is -2.00. The van der Waals surface area contributed by atoms with Crippen LogP contribution in [0.2, 0.25) is 0 Å². The topological polar surface area (TPSA) is 90.9 Å². The average molecular weight is 421 g/mol. The van der Waals surface area contributed by atoms with Gasteiger partial charge in [0.15, 0.2) is 0 Å².